The SMILES string of the molecule is CCCCCCCCCC1CCCC2C3NC4NC(NC5NC(NC6NC(NC(N3)C12)C1CCCCC61)C1CCCCC51)C1CCCCC41. The second-order valence-corrected chi connectivity index (χ2v) is 18.8. The first kappa shape index (κ1) is 34.4. The summed E-state index contributed by atoms with van der Waals surface area (Å²) in [6.07, 6.45) is 35.6. The molecule has 9 aliphatic rings. The van der Waals surface area contributed by atoms with Crippen LogP contribution in [0.15, 0.2) is 0 Å². The van der Waals surface area contributed by atoms with Gasteiger partial charge in [0.2, 0.25) is 0 Å². The Morgan fingerprint density at radius 3 is 1.06 bits per heavy atom. The van der Waals surface area contributed by atoms with E-state index >= 15 is 0 Å². The van der Waals surface area contributed by atoms with E-state index in [-0.39, 0.29) is 0 Å². The molecule has 5 aliphatic heterocycles. The van der Waals surface area contributed by atoms with Crippen LogP contribution >= 0.6 is 0 Å². The van der Waals surface area contributed by atoms with Crippen LogP contribution in [0.1, 0.15) is 155 Å². The number of hydrogen-bond donors (Lipinski definition) is 8. The summed E-state index contributed by atoms with van der Waals surface area (Å²) in [4.78, 5) is 0. The quantitative estimate of drug-likeness (QED) is 0.149. The summed E-state index contributed by atoms with van der Waals surface area (Å²) >= 11 is 0. The average molecular weight is 679 g/mol. The Labute approximate surface area is 299 Å². The standard InChI is InChI=1S/C41H74N8/c1-2-3-4-5-6-7-8-16-25-17-15-24-32-33(25)41-48-39-31-23-14-13-22-30(31)37(46-39)44-35-27-19-10-9-18-26(27)34(42-35)43-36-28-20-11-12-21-29(28)38(45-36)47-40(32)49-41/h25-49H,2-24H2,1H3. The van der Waals surface area contributed by atoms with Gasteiger partial charge in [0.1, 0.15) is 0 Å². The van der Waals surface area contributed by atoms with Crippen LogP contribution in [-0.2, 0) is 0 Å². The van der Waals surface area contributed by atoms with E-state index in [1.165, 1.54) is 148 Å². The third-order valence-corrected chi connectivity index (χ3v) is 16.2. The largest absolute Gasteiger partial charge is 0.286 e. The summed E-state index contributed by atoms with van der Waals surface area (Å²) in [6, 6.07) is 0. The van der Waals surface area contributed by atoms with Crippen LogP contribution in [0.4, 0.5) is 0 Å². The molecule has 0 radical (unpaired) electrons. The van der Waals surface area contributed by atoms with Crippen molar-refractivity contribution >= 4 is 0 Å². The van der Waals surface area contributed by atoms with Crippen LogP contribution in [0.2, 0.25) is 0 Å². The summed E-state index contributed by atoms with van der Waals surface area (Å²) in [7, 11) is 0. The molecule has 49 heavy (non-hydrogen) atoms. The van der Waals surface area contributed by atoms with Gasteiger partial charge in [-0.1, -0.05) is 110 Å². The molecule has 4 saturated carbocycles. The first-order valence-corrected chi connectivity index (χ1v) is 22.3. The highest BCUT2D eigenvalue weighted by atomic mass is 15.4. The maximum atomic E-state index is 4.42. The van der Waals surface area contributed by atoms with E-state index in [1.54, 1.807) is 0 Å². The van der Waals surface area contributed by atoms with Crippen LogP contribution < -0.4 is 42.5 Å². The van der Waals surface area contributed by atoms with E-state index in [0.29, 0.717) is 49.3 Å². The number of unbranched alkanes of at least 4 members (excludes halogenated alkanes) is 6. The van der Waals surface area contributed by atoms with E-state index in [9.17, 15) is 0 Å². The van der Waals surface area contributed by atoms with Gasteiger partial charge in [-0.05, 0) is 98.2 Å². The predicted molar refractivity (Wildman–Crippen MR) is 199 cm³/mol. The number of rotatable bonds is 8. The molecule has 5 heterocycles. The van der Waals surface area contributed by atoms with Gasteiger partial charge in [0, 0.05) is 0 Å². The Morgan fingerprint density at radius 1 is 0.327 bits per heavy atom. The summed E-state index contributed by atoms with van der Waals surface area (Å²) in [5, 5.41) is 34.5. The van der Waals surface area contributed by atoms with E-state index in [2.05, 4.69) is 49.5 Å². The molecule has 9 fully saturated rings. The Bertz CT molecular complexity index is 1070. The lowest BCUT2D eigenvalue weighted by atomic mass is 9.69. The Balaban J connectivity index is 0.985. The van der Waals surface area contributed by atoms with Gasteiger partial charge in [0.05, 0.1) is 49.3 Å². The first-order chi connectivity index (χ1) is 24.2. The molecule has 0 aromatic carbocycles. The minimum Gasteiger partial charge on any atom is -0.286 e. The van der Waals surface area contributed by atoms with Crippen molar-refractivity contribution in [2.24, 2.45) is 53.3 Å². The van der Waals surface area contributed by atoms with Crippen LogP contribution in [0.5, 0.6) is 0 Å². The zero-order valence-corrected chi connectivity index (χ0v) is 31.1. The Hall–Kier alpha value is -0.320. The van der Waals surface area contributed by atoms with Crippen molar-refractivity contribution in [3.8, 4) is 0 Å². The molecule has 8 N–H and O–H groups in total. The zero-order valence-electron chi connectivity index (χ0n) is 31.1. The van der Waals surface area contributed by atoms with Crippen molar-refractivity contribution in [3.63, 3.8) is 0 Å². The average Bonchev–Trinajstić information content (AvgIpc) is 3.87. The molecule has 17 unspecified atom stereocenters. The molecule has 9 rings (SSSR count). The monoisotopic (exact) mass is 679 g/mol. The molecule has 0 aromatic heterocycles. The van der Waals surface area contributed by atoms with Gasteiger partial charge in [0.25, 0.3) is 0 Å². The minimum atomic E-state index is 0.401. The maximum Gasteiger partial charge on any atom is 0.0631 e. The van der Waals surface area contributed by atoms with Crippen LogP contribution in [0.25, 0.3) is 0 Å². The molecule has 0 amide bonds. The molecule has 0 spiro atoms. The van der Waals surface area contributed by atoms with Crippen LogP contribution in [0, 0.1) is 53.3 Å². The lowest BCUT2D eigenvalue weighted by Crippen LogP contribution is -2.61. The third kappa shape index (κ3) is 6.95. The van der Waals surface area contributed by atoms with Crippen molar-refractivity contribution in [1.29, 1.82) is 0 Å². The van der Waals surface area contributed by atoms with Crippen molar-refractivity contribution in [2.45, 2.75) is 204 Å². The molecule has 17 atom stereocenters. The first-order valence-electron chi connectivity index (χ1n) is 22.3. The molecule has 8 bridgehead atoms. The number of fused-ring (bicyclic) bond motifs is 20. The smallest absolute Gasteiger partial charge is 0.0631 e. The van der Waals surface area contributed by atoms with Crippen molar-refractivity contribution < 1.29 is 0 Å². The van der Waals surface area contributed by atoms with Crippen molar-refractivity contribution in [1.82, 2.24) is 42.5 Å². The summed E-state index contributed by atoms with van der Waals surface area (Å²) < 4.78 is 0. The summed E-state index contributed by atoms with van der Waals surface area (Å²) in [6.45, 7) is 2.34. The van der Waals surface area contributed by atoms with Crippen molar-refractivity contribution in [2.75, 3.05) is 0 Å². The highest BCUT2D eigenvalue weighted by molar-refractivity contribution is 5.09. The van der Waals surface area contributed by atoms with Gasteiger partial charge in [-0.25, -0.2) is 0 Å². The fourth-order valence-corrected chi connectivity index (χ4v) is 13.9. The van der Waals surface area contributed by atoms with Crippen LogP contribution in [0.3, 0.4) is 0 Å². The molecular formula is C41H74N8. The van der Waals surface area contributed by atoms with Gasteiger partial charge >= 0.3 is 0 Å². The van der Waals surface area contributed by atoms with Gasteiger partial charge in [-0.15, -0.1) is 0 Å². The summed E-state index contributed by atoms with van der Waals surface area (Å²) in [5.74, 6) is 6.73. The second-order valence-electron chi connectivity index (χ2n) is 18.8. The maximum absolute atomic E-state index is 4.42. The van der Waals surface area contributed by atoms with Crippen molar-refractivity contribution in [3.05, 3.63) is 0 Å². The second kappa shape index (κ2) is 15.6. The number of hydrogen-bond acceptors (Lipinski definition) is 8. The van der Waals surface area contributed by atoms with E-state index in [4.69, 9.17) is 0 Å². The minimum absolute atomic E-state index is 0.401. The van der Waals surface area contributed by atoms with Gasteiger partial charge in [-0.3, -0.25) is 42.5 Å². The fraction of sp³-hybridized carbons (Fsp3) is 1.00. The Kier molecular flexibility index (Phi) is 10.9. The fourth-order valence-electron chi connectivity index (χ4n) is 13.9. The molecule has 8 nitrogen and oxygen atoms in total. The highest BCUT2D eigenvalue weighted by Crippen LogP contribution is 2.47. The third-order valence-electron chi connectivity index (χ3n) is 16.2. The summed E-state index contributed by atoms with van der Waals surface area (Å²) in [5.41, 5.74) is 0. The van der Waals surface area contributed by atoms with Crippen LogP contribution in [-0.4, -0.2) is 49.3 Å². The lowest BCUT2D eigenvalue weighted by Gasteiger charge is -2.39. The topological polar surface area (TPSA) is 96.2 Å². The number of nitrogens with one attached hydrogen (secondary N) is 8. The highest BCUT2D eigenvalue weighted by Gasteiger charge is 2.55. The molecular weight excluding hydrogens is 605 g/mol. The Morgan fingerprint density at radius 2 is 0.653 bits per heavy atom. The molecule has 5 saturated heterocycles. The molecule has 4 aliphatic carbocycles. The van der Waals surface area contributed by atoms with E-state index in [0.717, 1.165) is 53.3 Å². The van der Waals surface area contributed by atoms with Gasteiger partial charge in [0.15, 0.2) is 0 Å². The van der Waals surface area contributed by atoms with Gasteiger partial charge < -0.3 is 0 Å². The lowest BCUT2D eigenvalue weighted by molar-refractivity contribution is 0.115. The zero-order chi connectivity index (χ0) is 32.7. The predicted octanol–water partition coefficient (Wildman–Crippen LogP) is 5.97. The molecule has 8 heteroatoms. The van der Waals surface area contributed by atoms with E-state index < -0.39 is 0 Å². The normalized spacial score (nSPS) is 50.8. The molecule has 0 aromatic rings. The molecule has 278 valence electrons. The van der Waals surface area contributed by atoms with Gasteiger partial charge in [-0.2, -0.15) is 0 Å². The van der Waals surface area contributed by atoms with E-state index in [1.807, 2.05) is 0 Å².